The highest BCUT2D eigenvalue weighted by Crippen LogP contribution is 2.41. The second-order valence-corrected chi connectivity index (χ2v) is 10.4. The number of anilines is 1. The summed E-state index contributed by atoms with van der Waals surface area (Å²) >= 11 is 0. The van der Waals surface area contributed by atoms with Crippen molar-refractivity contribution in [2.45, 2.75) is 32.1 Å². The molecule has 10 heteroatoms. The lowest BCUT2D eigenvalue weighted by atomic mass is 9.80. The maximum atomic E-state index is 12.5. The van der Waals surface area contributed by atoms with Crippen LogP contribution in [0.4, 0.5) is 5.82 Å². The number of nitrogens with one attached hydrogen (secondary N) is 1. The van der Waals surface area contributed by atoms with Gasteiger partial charge in [-0.1, -0.05) is 68.4 Å². The monoisotopic (exact) mass is 601 g/mol. The predicted octanol–water partition coefficient (Wildman–Crippen LogP) is 4.24. The molecule has 0 radical (unpaired) electrons. The van der Waals surface area contributed by atoms with Gasteiger partial charge in [0.05, 0.1) is 40.6 Å². The first-order valence-electron chi connectivity index (χ1n) is 14.4. The first-order chi connectivity index (χ1) is 21.3. The molecule has 10 nitrogen and oxygen atoms in total. The average molecular weight is 602 g/mol. The lowest BCUT2D eigenvalue weighted by molar-refractivity contribution is -0.118. The van der Waals surface area contributed by atoms with E-state index in [0.717, 1.165) is 16.7 Å². The van der Waals surface area contributed by atoms with Crippen LogP contribution < -0.4 is 20.5 Å². The minimum Gasteiger partial charge on any atom is -0.497 e. The molecule has 232 valence electrons. The fourth-order valence-electron chi connectivity index (χ4n) is 4.70. The normalized spacial score (nSPS) is 12.1. The quantitative estimate of drug-likeness (QED) is 0.194. The van der Waals surface area contributed by atoms with Gasteiger partial charge in [-0.2, -0.15) is 4.98 Å². The van der Waals surface area contributed by atoms with E-state index in [1.165, 1.54) is 4.57 Å². The van der Waals surface area contributed by atoms with E-state index < -0.39 is 17.4 Å². The molecule has 44 heavy (non-hydrogen) atoms. The van der Waals surface area contributed by atoms with Gasteiger partial charge in [-0.3, -0.25) is 9.36 Å². The van der Waals surface area contributed by atoms with Crippen LogP contribution in [0.3, 0.4) is 0 Å². The molecule has 0 fully saturated rings. The van der Waals surface area contributed by atoms with Crippen LogP contribution in [-0.2, 0) is 26.4 Å². The third kappa shape index (κ3) is 7.71. The highest BCUT2D eigenvalue weighted by Gasteiger charge is 2.38. The number of aliphatic hydroxyl groups excluding tert-OH is 1. The van der Waals surface area contributed by atoms with Crippen molar-refractivity contribution in [2.24, 2.45) is 5.92 Å². The Morgan fingerprint density at radius 1 is 0.886 bits per heavy atom. The lowest BCUT2D eigenvalue weighted by Crippen LogP contribution is -2.37. The van der Waals surface area contributed by atoms with Gasteiger partial charge in [-0.05, 0) is 47.0 Å². The Bertz CT molecular complexity index is 1490. The van der Waals surface area contributed by atoms with Crippen LogP contribution in [0.25, 0.3) is 0 Å². The van der Waals surface area contributed by atoms with Gasteiger partial charge in [0.2, 0.25) is 5.91 Å². The van der Waals surface area contributed by atoms with Crippen molar-refractivity contribution >= 4 is 11.7 Å². The van der Waals surface area contributed by atoms with E-state index in [9.17, 15) is 14.7 Å². The molecule has 4 aromatic rings. The van der Waals surface area contributed by atoms with Crippen LogP contribution in [0, 0.1) is 5.92 Å². The third-order valence-corrected chi connectivity index (χ3v) is 7.20. The number of carbonyl (C=O) groups is 1. The Kier molecular flexibility index (Phi) is 11.3. The smallest absolute Gasteiger partial charge is 0.349 e. The summed E-state index contributed by atoms with van der Waals surface area (Å²) in [5.41, 5.74) is 1.01. The number of rotatable bonds is 15. The molecule has 0 spiro atoms. The summed E-state index contributed by atoms with van der Waals surface area (Å²) in [7, 11) is 3.23. The van der Waals surface area contributed by atoms with Crippen molar-refractivity contribution in [3.63, 3.8) is 0 Å². The molecule has 1 heterocycles. The number of hydrogen-bond donors (Lipinski definition) is 2. The SMILES string of the molecule is COc1ccc(C(OC[C@H](CO)OCCn2ccc(NC(=O)C(C)C)nc2=O)(c2ccccc2)c2ccc(OC)cc2)cc1. The zero-order valence-corrected chi connectivity index (χ0v) is 25.4. The molecule has 4 rings (SSSR count). The van der Waals surface area contributed by atoms with Crippen LogP contribution in [0.1, 0.15) is 30.5 Å². The Labute approximate surface area is 257 Å². The summed E-state index contributed by atoms with van der Waals surface area (Å²) in [6.07, 6.45) is 0.857. The highest BCUT2D eigenvalue weighted by molar-refractivity contribution is 5.91. The second kappa shape index (κ2) is 15.3. The summed E-state index contributed by atoms with van der Waals surface area (Å²) in [4.78, 5) is 28.4. The largest absolute Gasteiger partial charge is 0.497 e. The van der Waals surface area contributed by atoms with Crippen LogP contribution in [0.5, 0.6) is 11.5 Å². The molecular weight excluding hydrogens is 562 g/mol. The number of amides is 1. The zero-order chi connectivity index (χ0) is 31.5. The van der Waals surface area contributed by atoms with E-state index in [1.54, 1.807) is 40.3 Å². The number of nitrogens with zero attached hydrogens (tertiary/aromatic N) is 2. The van der Waals surface area contributed by atoms with Gasteiger partial charge in [0, 0.05) is 12.1 Å². The van der Waals surface area contributed by atoms with Gasteiger partial charge in [0.1, 0.15) is 29.0 Å². The van der Waals surface area contributed by atoms with E-state index in [1.807, 2.05) is 78.9 Å². The van der Waals surface area contributed by atoms with Crippen LogP contribution in [-0.4, -0.2) is 60.7 Å². The number of aliphatic hydroxyl groups is 1. The van der Waals surface area contributed by atoms with Crippen molar-refractivity contribution in [3.05, 3.63) is 118 Å². The first kappa shape index (κ1) is 32.4. The van der Waals surface area contributed by atoms with E-state index in [4.69, 9.17) is 18.9 Å². The molecule has 0 bridgehead atoms. The second-order valence-electron chi connectivity index (χ2n) is 10.4. The van der Waals surface area contributed by atoms with E-state index in [-0.39, 0.29) is 44.0 Å². The van der Waals surface area contributed by atoms with Gasteiger partial charge < -0.3 is 29.4 Å². The highest BCUT2D eigenvalue weighted by atomic mass is 16.6. The van der Waals surface area contributed by atoms with E-state index in [2.05, 4.69) is 10.3 Å². The Morgan fingerprint density at radius 2 is 1.45 bits per heavy atom. The summed E-state index contributed by atoms with van der Waals surface area (Å²) in [6, 6.07) is 26.7. The number of ether oxygens (including phenoxy) is 4. The van der Waals surface area contributed by atoms with Crippen LogP contribution in [0.2, 0.25) is 0 Å². The van der Waals surface area contributed by atoms with Gasteiger partial charge in [-0.15, -0.1) is 0 Å². The van der Waals surface area contributed by atoms with Gasteiger partial charge in [0.25, 0.3) is 0 Å². The molecule has 3 aromatic carbocycles. The van der Waals surface area contributed by atoms with Gasteiger partial charge in [-0.25, -0.2) is 4.79 Å². The maximum Gasteiger partial charge on any atom is 0.349 e. The van der Waals surface area contributed by atoms with Crippen LogP contribution in [0.15, 0.2) is 95.9 Å². The summed E-state index contributed by atoms with van der Waals surface area (Å²) in [5, 5.41) is 12.8. The van der Waals surface area contributed by atoms with E-state index >= 15 is 0 Å². The topological polar surface area (TPSA) is 121 Å². The third-order valence-electron chi connectivity index (χ3n) is 7.20. The summed E-state index contributed by atoms with van der Waals surface area (Å²) in [6.45, 7) is 3.57. The van der Waals surface area contributed by atoms with Gasteiger partial charge in [0.15, 0.2) is 0 Å². The van der Waals surface area contributed by atoms with Crippen molar-refractivity contribution in [3.8, 4) is 11.5 Å². The molecule has 0 aliphatic carbocycles. The maximum absolute atomic E-state index is 12.5. The fraction of sp³-hybridized carbons (Fsp3) is 0.324. The summed E-state index contributed by atoms with van der Waals surface area (Å²) < 4.78 is 25.0. The number of benzene rings is 3. The molecule has 0 saturated heterocycles. The number of carbonyl (C=O) groups excluding carboxylic acids is 1. The van der Waals surface area contributed by atoms with Crippen LogP contribution >= 0.6 is 0 Å². The Balaban J connectivity index is 1.56. The molecule has 0 aliphatic rings. The standard InChI is InChI=1S/C34H39N3O7/c1-24(2)32(39)35-31-18-19-37(33(40)36-31)20-21-43-30(22-38)23-44-34(25-8-6-5-7-9-25,26-10-14-28(41-3)15-11-26)27-12-16-29(42-4)17-13-27/h5-19,24,30,38H,20-23H2,1-4H3,(H,35,36,39,40)/t30-/m0/s1. The lowest BCUT2D eigenvalue weighted by Gasteiger charge is -2.37. The number of hydrogen-bond acceptors (Lipinski definition) is 8. The zero-order valence-electron chi connectivity index (χ0n) is 25.4. The Morgan fingerprint density at radius 3 is 1.95 bits per heavy atom. The van der Waals surface area contributed by atoms with Crippen molar-refractivity contribution in [1.29, 1.82) is 0 Å². The average Bonchev–Trinajstić information content (AvgIpc) is 3.06. The van der Waals surface area contributed by atoms with Crippen molar-refractivity contribution in [1.82, 2.24) is 9.55 Å². The molecule has 0 saturated carbocycles. The predicted molar refractivity (Wildman–Crippen MR) is 167 cm³/mol. The molecule has 1 atom stereocenters. The first-order valence-corrected chi connectivity index (χ1v) is 14.4. The number of aromatic nitrogens is 2. The van der Waals surface area contributed by atoms with Gasteiger partial charge >= 0.3 is 5.69 Å². The van der Waals surface area contributed by atoms with Crippen molar-refractivity contribution in [2.75, 3.05) is 39.4 Å². The minimum absolute atomic E-state index is 0.0385. The minimum atomic E-state index is -1.06. The van der Waals surface area contributed by atoms with Crippen molar-refractivity contribution < 1.29 is 28.8 Å². The van der Waals surface area contributed by atoms with E-state index in [0.29, 0.717) is 11.5 Å². The fourth-order valence-corrected chi connectivity index (χ4v) is 4.70. The molecule has 1 amide bonds. The molecule has 2 N–H and O–H groups in total. The molecule has 0 aliphatic heterocycles. The summed E-state index contributed by atoms with van der Waals surface area (Å²) in [5.74, 6) is 1.16. The molecule has 1 aromatic heterocycles. The molecular formula is C34H39N3O7. The number of methoxy groups -OCH3 is 2. The molecule has 0 unspecified atom stereocenters. The Hall–Kier alpha value is -4.51.